The van der Waals surface area contributed by atoms with Crippen molar-refractivity contribution in [3.8, 4) is 23.0 Å². The third kappa shape index (κ3) is 5.05. The molecule has 0 atom stereocenters. The molecule has 0 aliphatic carbocycles. The number of methoxy groups -OCH3 is 4. The third-order valence-electron chi connectivity index (χ3n) is 5.02. The van der Waals surface area contributed by atoms with Gasteiger partial charge in [-0.15, -0.1) is 0 Å². The Labute approximate surface area is 189 Å². The molecule has 4 nitrogen and oxygen atoms in total. The summed E-state index contributed by atoms with van der Waals surface area (Å²) in [5.74, 6) is 0.291. The van der Waals surface area contributed by atoms with E-state index in [1.54, 1.807) is 0 Å². The maximum Gasteiger partial charge on any atom is 0.417 e. The Hall–Kier alpha value is -3.68. The minimum atomic E-state index is -4.81. The van der Waals surface area contributed by atoms with Gasteiger partial charge in [0.2, 0.25) is 0 Å². The number of allylic oxidation sites excluding steroid dienone is 1. The Morgan fingerprint density at radius 3 is 1.58 bits per heavy atom. The molecular formula is C25H22F4O4. The summed E-state index contributed by atoms with van der Waals surface area (Å²) in [5, 5.41) is 0. The van der Waals surface area contributed by atoms with Gasteiger partial charge in [0.15, 0.2) is 0 Å². The molecule has 0 spiro atoms. The Morgan fingerprint density at radius 1 is 0.636 bits per heavy atom. The number of rotatable bonds is 7. The molecule has 0 N–H and O–H groups in total. The van der Waals surface area contributed by atoms with Crippen molar-refractivity contribution in [2.45, 2.75) is 6.18 Å². The smallest absolute Gasteiger partial charge is 0.417 e. The first-order valence-electron chi connectivity index (χ1n) is 9.75. The average Bonchev–Trinajstić information content (AvgIpc) is 2.81. The number of ether oxygens (including phenoxy) is 4. The van der Waals surface area contributed by atoms with E-state index in [1.165, 1.54) is 77.0 Å². The van der Waals surface area contributed by atoms with E-state index in [4.69, 9.17) is 18.9 Å². The Balaban J connectivity index is 2.49. The summed E-state index contributed by atoms with van der Waals surface area (Å²) in [6.07, 6.45) is -4.81. The van der Waals surface area contributed by atoms with E-state index in [2.05, 4.69) is 0 Å². The van der Waals surface area contributed by atoms with Crippen molar-refractivity contribution in [1.82, 2.24) is 0 Å². The Kier molecular flexibility index (Phi) is 7.16. The minimum Gasteiger partial charge on any atom is -0.497 e. The minimum absolute atomic E-state index is 0.0336. The molecule has 0 bridgehead atoms. The fourth-order valence-electron chi connectivity index (χ4n) is 3.49. The maximum atomic E-state index is 14.7. The summed E-state index contributed by atoms with van der Waals surface area (Å²) in [5.41, 5.74) is -1.09. The molecule has 3 rings (SSSR count). The zero-order chi connectivity index (χ0) is 24.2. The Morgan fingerprint density at radius 2 is 1.12 bits per heavy atom. The molecule has 0 unspecified atom stereocenters. The summed E-state index contributed by atoms with van der Waals surface area (Å²) in [6, 6.07) is 13.3. The monoisotopic (exact) mass is 462 g/mol. The van der Waals surface area contributed by atoms with Crippen LogP contribution in [0.2, 0.25) is 0 Å². The third-order valence-corrected chi connectivity index (χ3v) is 5.02. The fourth-order valence-corrected chi connectivity index (χ4v) is 3.49. The second-order valence-electron chi connectivity index (χ2n) is 6.89. The molecule has 0 heterocycles. The van der Waals surface area contributed by atoms with E-state index in [0.717, 1.165) is 12.1 Å². The van der Waals surface area contributed by atoms with Crippen molar-refractivity contribution in [2.24, 2.45) is 0 Å². The summed E-state index contributed by atoms with van der Waals surface area (Å²) >= 11 is 0. The summed E-state index contributed by atoms with van der Waals surface area (Å²) in [7, 11) is 5.47. The van der Waals surface area contributed by atoms with Crippen molar-refractivity contribution < 1.29 is 36.5 Å². The lowest BCUT2D eigenvalue weighted by atomic mass is 9.88. The van der Waals surface area contributed by atoms with Crippen LogP contribution >= 0.6 is 0 Å². The van der Waals surface area contributed by atoms with E-state index >= 15 is 0 Å². The molecule has 3 aromatic rings. The first kappa shape index (κ1) is 24.0. The molecule has 0 aliphatic rings. The topological polar surface area (TPSA) is 36.9 Å². The van der Waals surface area contributed by atoms with E-state index in [9.17, 15) is 17.6 Å². The highest BCUT2D eigenvalue weighted by atomic mass is 19.4. The molecule has 174 valence electrons. The standard InChI is InChI=1S/C25H22F4O4/c1-30-17-9-11-19(21(13-17)32-3)23(15-5-7-16(26)8-6-15)24(25(27,28)29)20-12-10-18(31-2)14-22(20)33-4/h5-14H,1-4H3. The normalized spacial score (nSPS) is 12.1. The van der Waals surface area contributed by atoms with Crippen LogP contribution in [-0.4, -0.2) is 34.6 Å². The van der Waals surface area contributed by atoms with Crippen LogP contribution < -0.4 is 18.9 Å². The predicted octanol–water partition coefficient (Wildman–Crippen LogP) is 6.38. The molecule has 3 aromatic carbocycles. The summed E-state index contributed by atoms with van der Waals surface area (Å²) in [6.45, 7) is 0. The Bertz CT molecular complexity index is 1150. The summed E-state index contributed by atoms with van der Waals surface area (Å²) in [4.78, 5) is 0. The summed E-state index contributed by atoms with van der Waals surface area (Å²) < 4.78 is 78.7. The zero-order valence-corrected chi connectivity index (χ0v) is 18.4. The van der Waals surface area contributed by atoms with Crippen LogP contribution in [0.1, 0.15) is 16.7 Å². The van der Waals surface area contributed by atoms with Crippen molar-refractivity contribution in [2.75, 3.05) is 28.4 Å². The molecule has 0 saturated carbocycles. The SMILES string of the molecule is COc1ccc(C(=C(c2ccc(OC)cc2OC)C(F)(F)F)c2ccc(F)cc2)c(OC)c1. The van der Waals surface area contributed by atoms with Crippen molar-refractivity contribution in [3.63, 3.8) is 0 Å². The second kappa shape index (κ2) is 9.85. The van der Waals surface area contributed by atoms with Crippen LogP contribution in [0.3, 0.4) is 0 Å². The lowest BCUT2D eigenvalue weighted by Gasteiger charge is -2.23. The van der Waals surface area contributed by atoms with Crippen LogP contribution in [-0.2, 0) is 0 Å². The molecule has 0 saturated heterocycles. The van der Waals surface area contributed by atoms with Gasteiger partial charge in [0.25, 0.3) is 0 Å². The fraction of sp³-hybridized carbons (Fsp3) is 0.200. The highest BCUT2D eigenvalue weighted by Crippen LogP contribution is 2.48. The molecule has 33 heavy (non-hydrogen) atoms. The first-order chi connectivity index (χ1) is 15.7. The molecule has 0 radical (unpaired) electrons. The van der Waals surface area contributed by atoms with E-state index in [-0.39, 0.29) is 33.8 Å². The van der Waals surface area contributed by atoms with Gasteiger partial charge in [-0.1, -0.05) is 12.1 Å². The van der Waals surface area contributed by atoms with Crippen molar-refractivity contribution in [1.29, 1.82) is 0 Å². The van der Waals surface area contributed by atoms with Gasteiger partial charge in [-0.05, 0) is 42.0 Å². The molecular weight excluding hydrogens is 440 g/mol. The van der Waals surface area contributed by atoms with Gasteiger partial charge in [0.1, 0.15) is 28.8 Å². The van der Waals surface area contributed by atoms with E-state index in [1.807, 2.05) is 0 Å². The van der Waals surface area contributed by atoms with Gasteiger partial charge in [-0.2, -0.15) is 13.2 Å². The largest absolute Gasteiger partial charge is 0.497 e. The number of hydrogen-bond donors (Lipinski definition) is 0. The van der Waals surface area contributed by atoms with Gasteiger partial charge >= 0.3 is 6.18 Å². The van der Waals surface area contributed by atoms with E-state index < -0.39 is 17.6 Å². The zero-order valence-electron chi connectivity index (χ0n) is 18.4. The highest BCUT2D eigenvalue weighted by molar-refractivity contribution is 6.02. The van der Waals surface area contributed by atoms with Crippen LogP contribution in [0.25, 0.3) is 11.1 Å². The predicted molar refractivity (Wildman–Crippen MR) is 117 cm³/mol. The number of halogens is 4. The average molecular weight is 462 g/mol. The van der Waals surface area contributed by atoms with Crippen LogP contribution in [0.5, 0.6) is 23.0 Å². The lowest BCUT2D eigenvalue weighted by Crippen LogP contribution is -2.15. The van der Waals surface area contributed by atoms with Crippen LogP contribution in [0, 0.1) is 5.82 Å². The number of hydrogen-bond acceptors (Lipinski definition) is 4. The van der Waals surface area contributed by atoms with Gasteiger partial charge in [0, 0.05) is 28.8 Å². The van der Waals surface area contributed by atoms with Crippen LogP contribution in [0.15, 0.2) is 60.7 Å². The van der Waals surface area contributed by atoms with Gasteiger partial charge in [0.05, 0.1) is 34.0 Å². The van der Waals surface area contributed by atoms with Crippen molar-refractivity contribution in [3.05, 3.63) is 83.2 Å². The van der Waals surface area contributed by atoms with Gasteiger partial charge in [-0.3, -0.25) is 0 Å². The second-order valence-corrected chi connectivity index (χ2v) is 6.89. The van der Waals surface area contributed by atoms with Gasteiger partial charge in [-0.25, -0.2) is 4.39 Å². The highest BCUT2D eigenvalue weighted by Gasteiger charge is 2.40. The lowest BCUT2D eigenvalue weighted by molar-refractivity contribution is -0.0686. The molecule has 0 fully saturated rings. The molecule has 0 aromatic heterocycles. The molecule has 0 aliphatic heterocycles. The van der Waals surface area contributed by atoms with Crippen molar-refractivity contribution >= 4 is 11.1 Å². The van der Waals surface area contributed by atoms with Crippen LogP contribution in [0.4, 0.5) is 17.6 Å². The maximum absolute atomic E-state index is 14.7. The number of alkyl halides is 3. The molecule has 0 amide bonds. The van der Waals surface area contributed by atoms with E-state index in [0.29, 0.717) is 11.5 Å². The molecule has 8 heteroatoms. The quantitative estimate of drug-likeness (QED) is 0.302. The number of benzene rings is 3. The van der Waals surface area contributed by atoms with Gasteiger partial charge < -0.3 is 18.9 Å². The first-order valence-corrected chi connectivity index (χ1v) is 9.75.